The Morgan fingerprint density at radius 2 is 1.26 bits per heavy atom. The SMILES string of the molecule is CCCCCC/C=C\CCCCCCCC(=O)NC(COP(=O)(O)OCC[N+](C)(C)C)C(O)CCCCCCCCCC. The first-order valence-corrected chi connectivity index (χ1v) is 19.0. The molecule has 43 heavy (non-hydrogen) atoms. The van der Waals surface area contributed by atoms with Crippen molar-refractivity contribution in [2.24, 2.45) is 0 Å². The number of rotatable bonds is 31. The highest BCUT2D eigenvalue weighted by molar-refractivity contribution is 7.47. The fourth-order valence-corrected chi connectivity index (χ4v) is 5.60. The van der Waals surface area contributed by atoms with Crippen molar-refractivity contribution in [3.8, 4) is 0 Å². The molecular formula is C34H70N2O6P+. The van der Waals surface area contributed by atoms with E-state index in [0.717, 1.165) is 51.4 Å². The minimum Gasteiger partial charge on any atom is -0.391 e. The number of aliphatic hydroxyl groups is 1. The van der Waals surface area contributed by atoms with E-state index in [1.807, 2.05) is 21.1 Å². The predicted octanol–water partition coefficient (Wildman–Crippen LogP) is 8.46. The van der Waals surface area contributed by atoms with Crippen molar-refractivity contribution in [2.45, 2.75) is 161 Å². The molecule has 0 saturated heterocycles. The van der Waals surface area contributed by atoms with Crippen molar-refractivity contribution in [1.29, 1.82) is 0 Å². The molecule has 9 heteroatoms. The number of phosphoric ester groups is 1. The van der Waals surface area contributed by atoms with E-state index in [4.69, 9.17) is 9.05 Å². The highest BCUT2D eigenvalue weighted by Gasteiger charge is 2.28. The van der Waals surface area contributed by atoms with Crippen molar-refractivity contribution >= 4 is 13.7 Å². The van der Waals surface area contributed by atoms with Crippen molar-refractivity contribution in [2.75, 3.05) is 40.9 Å². The minimum atomic E-state index is -4.29. The first-order chi connectivity index (χ1) is 20.5. The number of nitrogens with one attached hydrogen (secondary N) is 1. The Hall–Kier alpha value is -0.760. The van der Waals surface area contributed by atoms with Gasteiger partial charge in [0.05, 0.1) is 39.9 Å². The van der Waals surface area contributed by atoms with Crippen LogP contribution in [0.15, 0.2) is 12.2 Å². The molecule has 0 aliphatic heterocycles. The van der Waals surface area contributed by atoms with E-state index in [1.54, 1.807) is 0 Å². The van der Waals surface area contributed by atoms with Crippen LogP contribution in [-0.4, -0.2) is 73.4 Å². The van der Waals surface area contributed by atoms with Gasteiger partial charge in [0.15, 0.2) is 0 Å². The van der Waals surface area contributed by atoms with Crippen molar-refractivity contribution < 1.29 is 32.9 Å². The van der Waals surface area contributed by atoms with E-state index in [2.05, 4.69) is 31.3 Å². The lowest BCUT2D eigenvalue weighted by molar-refractivity contribution is -0.870. The lowest BCUT2D eigenvalue weighted by Gasteiger charge is -2.26. The number of amides is 1. The highest BCUT2D eigenvalue weighted by Crippen LogP contribution is 2.43. The van der Waals surface area contributed by atoms with Gasteiger partial charge in [-0.15, -0.1) is 0 Å². The molecule has 256 valence electrons. The van der Waals surface area contributed by atoms with Gasteiger partial charge in [0.1, 0.15) is 13.2 Å². The Morgan fingerprint density at radius 3 is 1.81 bits per heavy atom. The molecule has 0 fully saturated rings. The number of carbonyl (C=O) groups excluding carboxylic acids is 1. The van der Waals surface area contributed by atoms with Crippen LogP contribution in [0.3, 0.4) is 0 Å². The molecule has 0 spiro atoms. The standard InChI is InChI=1S/C34H69N2O6P/c1-6-8-10-12-14-16-17-18-19-20-22-24-26-28-34(38)35-32(31-42-43(39,40)41-30-29-36(3,4)5)33(37)27-25-23-21-15-13-11-9-7-2/h16-17,32-33,37H,6-15,18-31H2,1-5H3,(H-,35,38,39,40)/p+1/b17-16-. The Balaban J connectivity index is 4.49. The van der Waals surface area contributed by atoms with Crippen LogP contribution in [0, 0.1) is 0 Å². The Morgan fingerprint density at radius 1 is 0.767 bits per heavy atom. The molecular weight excluding hydrogens is 563 g/mol. The molecule has 0 heterocycles. The topological polar surface area (TPSA) is 105 Å². The number of allylic oxidation sites excluding steroid dienone is 2. The number of quaternary nitrogens is 1. The number of hydrogen-bond donors (Lipinski definition) is 3. The summed E-state index contributed by atoms with van der Waals surface area (Å²) in [5, 5.41) is 13.8. The zero-order valence-electron chi connectivity index (χ0n) is 28.7. The molecule has 0 bridgehead atoms. The summed E-state index contributed by atoms with van der Waals surface area (Å²) in [4.78, 5) is 22.9. The lowest BCUT2D eigenvalue weighted by Crippen LogP contribution is -2.46. The summed E-state index contributed by atoms with van der Waals surface area (Å²) in [7, 11) is 1.61. The summed E-state index contributed by atoms with van der Waals surface area (Å²) in [5.74, 6) is -0.159. The third-order valence-electron chi connectivity index (χ3n) is 7.76. The molecule has 0 aromatic carbocycles. The van der Waals surface area contributed by atoms with Gasteiger partial charge in [-0.3, -0.25) is 13.8 Å². The van der Waals surface area contributed by atoms with E-state index in [9.17, 15) is 19.4 Å². The summed E-state index contributed by atoms with van der Waals surface area (Å²) in [6.45, 7) is 4.80. The molecule has 3 atom stereocenters. The lowest BCUT2D eigenvalue weighted by atomic mass is 10.0. The smallest absolute Gasteiger partial charge is 0.391 e. The van der Waals surface area contributed by atoms with Crippen LogP contribution < -0.4 is 5.32 Å². The van der Waals surface area contributed by atoms with Crippen LogP contribution in [-0.2, 0) is 18.4 Å². The average Bonchev–Trinajstić information content (AvgIpc) is 2.94. The number of nitrogens with zero attached hydrogens (tertiary/aromatic N) is 1. The molecule has 0 saturated carbocycles. The first-order valence-electron chi connectivity index (χ1n) is 17.6. The van der Waals surface area contributed by atoms with Gasteiger partial charge in [0.2, 0.25) is 5.91 Å². The fourth-order valence-electron chi connectivity index (χ4n) is 4.86. The predicted molar refractivity (Wildman–Crippen MR) is 180 cm³/mol. The number of aliphatic hydroxyl groups excluding tert-OH is 1. The van der Waals surface area contributed by atoms with E-state index < -0.39 is 20.0 Å². The third-order valence-corrected chi connectivity index (χ3v) is 8.75. The van der Waals surface area contributed by atoms with Crippen LogP contribution in [0.1, 0.15) is 149 Å². The molecule has 1 amide bonds. The maximum absolute atomic E-state index is 12.7. The van der Waals surface area contributed by atoms with Crippen LogP contribution >= 0.6 is 7.82 Å². The molecule has 3 N–H and O–H groups in total. The molecule has 0 rings (SSSR count). The Labute approximate surface area is 265 Å². The largest absolute Gasteiger partial charge is 0.472 e. The molecule has 0 aromatic rings. The van der Waals surface area contributed by atoms with Crippen molar-refractivity contribution in [1.82, 2.24) is 5.32 Å². The maximum atomic E-state index is 12.7. The molecule has 0 aliphatic rings. The van der Waals surface area contributed by atoms with Crippen molar-refractivity contribution in [3.05, 3.63) is 12.2 Å². The summed E-state index contributed by atoms with van der Waals surface area (Å²) in [6.07, 6.45) is 26.6. The number of phosphoric acid groups is 1. The van der Waals surface area contributed by atoms with E-state index in [1.165, 1.54) is 70.6 Å². The molecule has 3 unspecified atom stereocenters. The van der Waals surface area contributed by atoms with E-state index in [0.29, 0.717) is 23.9 Å². The second-order valence-corrected chi connectivity index (χ2v) is 14.7. The normalized spacial score (nSPS) is 15.0. The number of likely N-dealkylation sites (N-methyl/N-ethyl adjacent to an activating group) is 1. The summed E-state index contributed by atoms with van der Waals surface area (Å²) >= 11 is 0. The quantitative estimate of drug-likeness (QED) is 0.0306. The van der Waals surface area contributed by atoms with Crippen LogP contribution in [0.4, 0.5) is 0 Å². The van der Waals surface area contributed by atoms with Gasteiger partial charge >= 0.3 is 7.82 Å². The average molecular weight is 634 g/mol. The van der Waals surface area contributed by atoms with Gasteiger partial charge < -0.3 is 19.8 Å². The van der Waals surface area contributed by atoms with E-state index in [-0.39, 0.29) is 19.1 Å². The zero-order chi connectivity index (χ0) is 32.2. The van der Waals surface area contributed by atoms with Gasteiger partial charge in [0.25, 0.3) is 0 Å². The van der Waals surface area contributed by atoms with Gasteiger partial charge in [-0.1, -0.05) is 116 Å². The maximum Gasteiger partial charge on any atom is 0.472 e. The summed E-state index contributed by atoms with van der Waals surface area (Å²) in [5.41, 5.74) is 0. The second-order valence-electron chi connectivity index (χ2n) is 13.2. The van der Waals surface area contributed by atoms with Crippen molar-refractivity contribution in [3.63, 3.8) is 0 Å². The second kappa shape index (κ2) is 27.5. The zero-order valence-corrected chi connectivity index (χ0v) is 29.6. The molecule has 0 aromatic heterocycles. The van der Waals surface area contributed by atoms with Crippen LogP contribution in [0.2, 0.25) is 0 Å². The van der Waals surface area contributed by atoms with E-state index >= 15 is 0 Å². The number of hydrogen-bond acceptors (Lipinski definition) is 5. The van der Waals surface area contributed by atoms with Crippen LogP contribution in [0.25, 0.3) is 0 Å². The molecule has 0 aliphatic carbocycles. The number of carbonyl (C=O) groups is 1. The van der Waals surface area contributed by atoms with Gasteiger partial charge in [0, 0.05) is 6.42 Å². The van der Waals surface area contributed by atoms with Gasteiger partial charge in [-0.05, 0) is 38.5 Å². The molecule has 0 radical (unpaired) electrons. The van der Waals surface area contributed by atoms with Gasteiger partial charge in [-0.25, -0.2) is 4.57 Å². The summed E-state index contributed by atoms with van der Waals surface area (Å²) in [6, 6.07) is -0.756. The Bertz CT molecular complexity index is 728. The fraction of sp³-hybridized carbons (Fsp3) is 0.912. The minimum absolute atomic E-state index is 0.0739. The summed E-state index contributed by atoms with van der Waals surface area (Å²) < 4.78 is 23.4. The molecule has 8 nitrogen and oxygen atoms in total. The first kappa shape index (κ1) is 42.2. The number of unbranched alkanes of at least 4 members (excludes halogenated alkanes) is 16. The Kier molecular flexibility index (Phi) is 27.1. The van der Waals surface area contributed by atoms with Crippen LogP contribution in [0.5, 0.6) is 0 Å². The highest BCUT2D eigenvalue weighted by atomic mass is 31.2. The monoisotopic (exact) mass is 633 g/mol. The van der Waals surface area contributed by atoms with Gasteiger partial charge in [-0.2, -0.15) is 0 Å². The third kappa shape index (κ3) is 29.7.